The van der Waals surface area contributed by atoms with Gasteiger partial charge in [-0.3, -0.25) is 4.72 Å². The van der Waals surface area contributed by atoms with Crippen molar-refractivity contribution in [3.8, 4) is 0 Å². The molecule has 0 spiro atoms. The fourth-order valence-corrected chi connectivity index (χ4v) is 4.49. The topological polar surface area (TPSA) is 58.2 Å². The predicted octanol–water partition coefficient (Wildman–Crippen LogP) is 4.54. The Morgan fingerprint density at radius 2 is 1.50 bits per heavy atom. The molecule has 0 amide bonds. The largest absolute Gasteiger partial charge is 0.382 e. The van der Waals surface area contributed by atoms with Gasteiger partial charge in [0.25, 0.3) is 10.0 Å². The van der Waals surface area contributed by atoms with E-state index in [0.29, 0.717) is 16.6 Å². The highest BCUT2D eigenvalue weighted by molar-refractivity contribution is 7.92. The lowest BCUT2D eigenvalue weighted by Crippen LogP contribution is -2.22. The lowest BCUT2D eigenvalue weighted by Gasteiger charge is -2.24. The lowest BCUT2D eigenvalue weighted by atomic mass is 9.95. The number of anilines is 2. The Morgan fingerprint density at radius 3 is 2.17 bits per heavy atom. The standard InChI is InChI=1S/C19H24N2O2S/c1-15-7-5-6-10-19(15)24(22,23)21-18-13-11-17(12-14-18)20-16-8-3-2-4-9-16/h5-7,10-14,16,20-21H,2-4,8-9H2,1H3. The minimum atomic E-state index is -3.55. The molecule has 1 aliphatic rings. The lowest BCUT2D eigenvalue weighted by molar-refractivity contribution is 0.463. The van der Waals surface area contributed by atoms with Gasteiger partial charge in [-0.05, 0) is 55.7 Å². The van der Waals surface area contributed by atoms with E-state index in [9.17, 15) is 8.42 Å². The molecule has 4 nitrogen and oxygen atoms in total. The number of nitrogens with one attached hydrogen (secondary N) is 2. The van der Waals surface area contributed by atoms with Crippen LogP contribution < -0.4 is 10.0 Å². The number of hydrogen-bond acceptors (Lipinski definition) is 3. The fourth-order valence-electron chi connectivity index (χ4n) is 3.19. The van der Waals surface area contributed by atoms with Crippen LogP contribution in [0.5, 0.6) is 0 Å². The van der Waals surface area contributed by atoms with E-state index in [2.05, 4.69) is 10.0 Å². The summed E-state index contributed by atoms with van der Waals surface area (Å²) in [6.45, 7) is 1.80. The van der Waals surface area contributed by atoms with Crippen LogP contribution in [0.15, 0.2) is 53.4 Å². The molecule has 2 aromatic rings. The van der Waals surface area contributed by atoms with E-state index in [1.165, 1.54) is 32.1 Å². The Hall–Kier alpha value is -2.01. The van der Waals surface area contributed by atoms with E-state index in [1.807, 2.05) is 18.2 Å². The monoisotopic (exact) mass is 344 g/mol. The summed E-state index contributed by atoms with van der Waals surface area (Å²) in [5.41, 5.74) is 2.36. The number of benzene rings is 2. The van der Waals surface area contributed by atoms with Crippen LogP contribution in [0.4, 0.5) is 11.4 Å². The van der Waals surface area contributed by atoms with Gasteiger partial charge in [-0.15, -0.1) is 0 Å². The molecule has 24 heavy (non-hydrogen) atoms. The van der Waals surface area contributed by atoms with E-state index in [0.717, 1.165) is 11.3 Å². The van der Waals surface area contributed by atoms with Gasteiger partial charge in [0.1, 0.15) is 0 Å². The molecular weight excluding hydrogens is 320 g/mol. The van der Waals surface area contributed by atoms with Crippen molar-refractivity contribution in [2.75, 3.05) is 10.0 Å². The first-order chi connectivity index (χ1) is 11.5. The molecule has 5 heteroatoms. The van der Waals surface area contributed by atoms with Gasteiger partial charge in [-0.25, -0.2) is 8.42 Å². The van der Waals surface area contributed by atoms with Crippen LogP contribution >= 0.6 is 0 Å². The van der Waals surface area contributed by atoms with Gasteiger partial charge >= 0.3 is 0 Å². The molecule has 0 aromatic heterocycles. The molecule has 1 fully saturated rings. The van der Waals surface area contributed by atoms with Crippen molar-refractivity contribution in [1.29, 1.82) is 0 Å². The molecule has 1 saturated carbocycles. The van der Waals surface area contributed by atoms with Gasteiger partial charge in [-0.2, -0.15) is 0 Å². The number of aryl methyl sites for hydroxylation is 1. The minimum Gasteiger partial charge on any atom is -0.382 e. The Labute approximate surface area is 144 Å². The quantitative estimate of drug-likeness (QED) is 0.837. The molecule has 0 bridgehead atoms. The highest BCUT2D eigenvalue weighted by Crippen LogP contribution is 2.24. The Bertz CT molecular complexity index is 779. The van der Waals surface area contributed by atoms with E-state index < -0.39 is 10.0 Å². The maximum absolute atomic E-state index is 12.5. The van der Waals surface area contributed by atoms with Crippen molar-refractivity contribution in [2.45, 2.75) is 50.0 Å². The number of rotatable bonds is 5. The summed E-state index contributed by atoms with van der Waals surface area (Å²) in [5, 5.41) is 3.53. The van der Waals surface area contributed by atoms with E-state index in [4.69, 9.17) is 0 Å². The molecule has 0 saturated heterocycles. The third-order valence-corrected chi connectivity index (χ3v) is 6.04. The summed E-state index contributed by atoms with van der Waals surface area (Å²) in [6, 6.07) is 15.0. The third kappa shape index (κ3) is 4.09. The van der Waals surface area contributed by atoms with E-state index in [-0.39, 0.29) is 0 Å². The van der Waals surface area contributed by atoms with Crippen LogP contribution in [0, 0.1) is 6.92 Å². The predicted molar refractivity (Wildman–Crippen MR) is 98.9 cm³/mol. The van der Waals surface area contributed by atoms with Gasteiger partial charge in [0.05, 0.1) is 4.90 Å². The second-order valence-electron chi connectivity index (χ2n) is 6.43. The van der Waals surface area contributed by atoms with Crippen LogP contribution in [0.25, 0.3) is 0 Å². The van der Waals surface area contributed by atoms with Crippen molar-refractivity contribution < 1.29 is 8.42 Å². The summed E-state index contributed by atoms with van der Waals surface area (Å²) in [7, 11) is -3.55. The van der Waals surface area contributed by atoms with Gasteiger partial charge in [0.15, 0.2) is 0 Å². The summed E-state index contributed by atoms with van der Waals surface area (Å²) in [5.74, 6) is 0. The van der Waals surface area contributed by atoms with Crippen LogP contribution in [-0.4, -0.2) is 14.5 Å². The first kappa shape index (κ1) is 16.8. The molecule has 0 heterocycles. The maximum atomic E-state index is 12.5. The van der Waals surface area contributed by atoms with E-state index >= 15 is 0 Å². The molecule has 0 aliphatic heterocycles. The number of hydrogen-bond donors (Lipinski definition) is 2. The SMILES string of the molecule is Cc1ccccc1S(=O)(=O)Nc1ccc(NC2CCCCC2)cc1. The smallest absolute Gasteiger partial charge is 0.262 e. The summed E-state index contributed by atoms with van der Waals surface area (Å²) < 4.78 is 27.6. The second-order valence-corrected chi connectivity index (χ2v) is 8.08. The molecule has 2 aromatic carbocycles. The Morgan fingerprint density at radius 1 is 0.875 bits per heavy atom. The maximum Gasteiger partial charge on any atom is 0.262 e. The zero-order chi connectivity index (χ0) is 17.0. The minimum absolute atomic E-state index is 0.314. The van der Waals surface area contributed by atoms with Gasteiger partial charge in [0.2, 0.25) is 0 Å². The molecule has 1 aliphatic carbocycles. The Balaban J connectivity index is 1.68. The molecular formula is C19H24N2O2S. The zero-order valence-electron chi connectivity index (χ0n) is 14.0. The van der Waals surface area contributed by atoms with Crippen molar-refractivity contribution in [3.05, 3.63) is 54.1 Å². The molecule has 3 rings (SSSR count). The van der Waals surface area contributed by atoms with E-state index in [1.54, 1.807) is 37.3 Å². The summed E-state index contributed by atoms with van der Waals surface area (Å²) >= 11 is 0. The van der Waals surface area contributed by atoms with Crippen molar-refractivity contribution in [3.63, 3.8) is 0 Å². The van der Waals surface area contributed by atoms with Gasteiger partial charge in [-0.1, -0.05) is 37.5 Å². The molecule has 2 N–H and O–H groups in total. The molecule has 0 unspecified atom stereocenters. The highest BCUT2D eigenvalue weighted by atomic mass is 32.2. The molecule has 128 valence electrons. The molecule has 0 radical (unpaired) electrons. The van der Waals surface area contributed by atoms with Crippen LogP contribution in [0.1, 0.15) is 37.7 Å². The summed E-state index contributed by atoms with van der Waals surface area (Å²) in [4.78, 5) is 0.314. The first-order valence-electron chi connectivity index (χ1n) is 8.50. The Kier molecular flexibility index (Phi) is 5.09. The zero-order valence-corrected chi connectivity index (χ0v) is 14.8. The summed E-state index contributed by atoms with van der Waals surface area (Å²) in [6.07, 6.45) is 6.32. The van der Waals surface area contributed by atoms with Crippen LogP contribution in [0.3, 0.4) is 0 Å². The second kappa shape index (κ2) is 7.26. The van der Waals surface area contributed by atoms with Gasteiger partial charge < -0.3 is 5.32 Å². The third-order valence-electron chi connectivity index (χ3n) is 4.50. The normalized spacial score (nSPS) is 15.9. The first-order valence-corrected chi connectivity index (χ1v) is 9.98. The number of sulfonamides is 1. The average molecular weight is 344 g/mol. The van der Waals surface area contributed by atoms with Gasteiger partial charge in [0, 0.05) is 17.4 Å². The van der Waals surface area contributed by atoms with Crippen molar-refractivity contribution in [1.82, 2.24) is 0 Å². The highest BCUT2D eigenvalue weighted by Gasteiger charge is 2.16. The fraction of sp³-hybridized carbons (Fsp3) is 0.368. The van der Waals surface area contributed by atoms with Crippen molar-refractivity contribution >= 4 is 21.4 Å². The van der Waals surface area contributed by atoms with Crippen LogP contribution in [0.2, 0.25) is 0 Å². The average Bonchev–Trinajstić information content (AvgIpc) is 2.58. The molecule has 0 atom stereocenters. The van der Waals surface area contributed by atoms with Crippen LogP contribution in [-0.2, 0) is 10.0 Å². The van der Waals surface area contributed by atoms with Crippen molar-refractivity contribution in [2.24, 2.45) is 0 Å².